The van der Waals surface area contributed by atoms with Gasteiger partial charge in [-0.3, -0.25) is 8.84 Å². The van der Waals surface area contributed by atoms with E-state index in [1.165, 1.54) is 0 Å². The molecule has 5 nitrogen and oxygen atoms in total. The van der Waals surface area contributed by atoms with Crippen molar-refractivity contribution < 1.29 is 13.0 Å². The summed E-state index contributed by atoms with van der Waals surface area (Å²) in [5.74, 6) is 0. The lowest BCUT2D eigenvalue weighted by Gasteiger charge is -1.97. The zero-order valence-electron chi connectivity index (χ0n) is 7.36. The van der Waals surface area contributed by atoms with Crippen LogP contribution in [0.25, 0.3) is 0 Å². The van der Waals surface area contributed by atoms with Gasteiger partial charge in [-0.1, -0.05) is 35.5 Å². The van der Waals surface area contributed by atoms with Crippen molar-refractivity contribution in [3.63, 3.8) is 0 Å². The van der Waals surface area contributed by atoms with Gasteiger partial charge in [0, 0.05) is 5.56 Å². The van der Waals surface area contributed by atoms with Gasteiger partial charge < -0.3 is 0 Å². The van der Waals surface area contributed by atoms with Crippen LogP contribution in [0.1, 0.15) is 5.56 Å². The number of oxime groups is 1. The van der Waals surface area contributed by atoms with Crippen LogP contribution in [-0.4, -0.2) is 14.5 Å². The predicted molar refractivity (Wildman–Crippen MR) is 57.8 cm³/mol. The number of nitrogens with zero attached hydrogens (tertiary/aromatic N) is 2. The van der Waals surface area contributed by atoms with Crippen molar-refractivity contribution in [1.29, 1.82) is 5.26 Å². The molecule has 0 aliphatic heterocycles. The van der Waals surface area contributed by atoms with E-state index in [-0.39, 0.29) is 5.71 Å². The molecule has 1 unspecified atom stereocenters. The molecule has 7 heteroatoms. The van der Waals surface area contributed by atoms with Crippen molar-refractivity contribution in [2.24, 2.45) is 5.16 Å². The Hall–Kier alpha value is -1.49. The smallest absolute Gasteiger partial charge is 0.275 e. The Morgan fingerprint density at radius 2 is 2.13 bits per heavy atom. The molecule has 0 saturated carbocycles. The Morgan fingerprint density at radius 3 is 2.60 bits per heavy atom. The Kier molecular flexibility index (Phi) is 3.74. The van der Waals surface area contributed by atoms with Crippen LogP contribution in [0.5, 0.6) is 0 Å². The van der Waals surface area contributed by atoms with Gasteiger partial charge in [0.25, 0.3) is 0 Å². The SMILES string of the molecule is N#CC(=NOS(=O)(O)=S)c1ccccc1. The predicted octanol–water partition coefficient (Wildman–Crippen LogP) is 1.07. The molecular formula is C8H6N2O3S2. The first-order chi connectivity index (χ1) is 7.03. The summed E-state index contributed by atoms with van der Waals surface area (Å²) < 4.78 is 23.3. The molecular weight excluding hydrogens is 236 g/mol. The van der Waals surface area contributed by atoms with Crippen molar-refractivity contribution >= 4 is 26.0 Å². The summed E-state index contributed by atoms with van der Waals surface area (Å²) in [6.07, 6.45) is 0. The highest BCUT2D eigenvalue weighted by molar-refractivity contribution is 8.27. The zero-order chi connectivity index (χ0) is 11.3. The van der Waals surface area contributed by atoms with E-state index in [0.717, 1.165) is 0 Å². The molecule has 1 rings (SSSR count). The third kappa shape index (κ3) is 4.03. The number of benzene rings is 1. The average Bonchev–Trinajstić information content (AvgIpc) is 2.19. The molecule has 0 aliphatic rings. The van der Waals surface area contributed by atoms with Crippen molar-refractivity contribution in [2.45, 2.75) is 0 Å². The molecule has 0 bridgehead atoms. The summed E-state index contributed by atoms with van der Waals surface area (Å²) in [7, 11) is -3.84. The standard InChI is InChI=1S/C8H6N2O3S2/c9-6-8(10-13-15(11,12)14)7-4-2-1-3-5-7/h1-5H,(H,11,12,14). The molecule has 0 amide bonds. The first-order valence-electron chi connectivity index (χ1n) is 3.72. The summed E-state index contributed by atoms with van der Waals surface area (Å²) >= 11 is 4.05. The van der Waals surface area contributed by atoms with Gasteiger partial charge >= 0.3 is 9.05 Å². The third-order valence-corrected chi connectivity index (χ3v) is 1.82. The fraction of sp³-hybridized carbons (Fsp3) is 0. The lowest BCUT2D eigenvalue weighted by atomic mass is 10.1. The van der Waals surface area contributed by atoms with Crippen LogP contribution in [0.2, 0.25) is 0 Å². The van der Waals surface area contributed by atoms with E-state index in [9.17, 15) is 4.21 Å². The second-order valence-corrected chi connectivity index (χ2v) is 4.69. The maximum Gasteiger partial charge on any atom is 0.331 e. The minimum absolute atomic E-state index is 0.109. The van der Waals surface area contributed by atoms with Crippen molar-refractivity contribution in [1.82, 2.24) is 0 Å². The Morgan fingerprint density at radius 1 is 1.53 bits per heavy atom. The number of rotatable bonds is 3. The topological polar surface area (TPSA) is 82.7 Å². The third-order valence-electron chi connectivity index (χ3n) is 1.38. The molecule has 0 heterocycles. The van der Waals surface area contributed by atoms with Crippen LogP contribution < -0.4 is 0 Å². The van der Waals surface area contributed by atoms with E-state index in [0.29, 0.717) is 5.56 Å². The van der Waals surface area contributed by atoms with Crippen LogP contribution in [0.3, 0.4) is 0 Å². The lowest BCUT2D eigenvalue weighted by Crippen LogP contribution is -2.02. The van der Waals surface area contributed by atoms with Crippen LogP contribution in [0, 0.1) is 11.3 Å². The molecule has 0 spiro atoms. The van der Waals surface area contributed by atoms with Crippen LogP contribution in [-0.2, 0) is 24.5 Å². The molecule has 0 aliphatic carbocycles. The quantitative estimate of drug-likeness (QED) is 0.633. The number of hydrogen-bond donors (Lipinski definition) is 1. The summed E-state index contributed by atoms with van der Waals surface area (Å²) in [6, 6.07) is 10.1. The molecule has 1 N–H and O–H groups in total. The second-order valence-electron chi connectivity index (χ2n) is 2.42. The average molecular weight is 242 g/mol. The molecule has 1 aromatic carbocycles. The molecule has 0 saturated heterocycles. The molecule has 0 aromatic heterocycles. The maximum atomic E-state index is 10.6. The van der Waals surface area contributed by atoms with E-state index in [1.807, 2.05) is 0 Å². The number of hydrogen-bond acceptors (Lipinski definition) is 5. The molecule has 1 atom stereocenters. The minimum Gasteiger partial charge on any atom is -0.275 e. The van der Waals surface area contributed by atoms with E-state index in [1.54, 1.807) is 36.4 Å². The van der Waals surface area contributed by atoms with Crippen LogP contribution >= 0.6 is 0 Å². The first-order valence-corrected chi connectivity index (χ1v) is 6.09. The second kappa shape index (κ2) is 4.84. The van der Waals surface area contributed by atoms with Gasteiger partial charge in [0.05, 0.1) is 11.2 Å². The highest BCUT2D eigenvalue weighted by atomic mass is 32.9. The van der Waals surface area contributed by atoms with Gasteiger partial charge in [0.15, 0.2) is 5.71 Å². The van der Waals surface area contributed by atoms with E-state index < -0.39 is 9.05 Å². The summed E-state index contributed by atoms with van der Waals surface area (Å²) in [4.78, 5) is 0. The van der Waals surface area contributed by atoms with Crippen molar-refractivity contribution in [2.75, 3.05) is 0 Å². The summed E-state index contributed by atoms with van der Waals surface area (Å²) in [5.41, 5.74) is 0.376. The summed E-state index contributed by atoms with van der Waals surface area (Å²) in [6.45, 7) is 0. The Balaban J connectivity index is 2.97. The molecule has 0 fully saturated rings. The van der Waals surface area contributed by atoms with Crippen molar-refractivity contribution in [3.05, 3.63) is 35.9 Å². The van der Waals surface area contributed by atoms with Gasteiger partial charge in [-0.2, -0.15) is 9.47 Å². The normalized spacial score (nSPS) is 15.1. The van der Waals surface area contributed by atoms with Gasteiger partial charge in [-0.05, 0) is 0 Å². The monoisotopic (exact) mass is 242 g/mol. The maximum absolute atomic E-state index is 10.6. The molecule has 15 heavy (non-hydrogen) atoms. The fourth-order valence-corrected chi connectivity index (χ4v) is 1.08. The van der Waals surface area contributed by atoms with Crippen molar-refractivity contribution in [3.8, 4) is 6.07 Å². The van der Waals surface area contributed by atoms with Crippen LogP contribution in [0.4, 0.5) is 0 Å². The van der Waals surface area contributed by atoms with E-state index in [4.69, 9.17) is 9.81 Å². The fourth-order valence-electron chi connectivity index (χ4n) is 0.818. The Bertz CT molecular complexity index is 502. The molecule has 0 radical (unpaired) electrons. The summed E-state index contributed by atoms with van der Waals surface area (Å²) in [5, 5.41) is 11.9. The lowest BCUT2D eigenvalue weighted by molar-refractivity contribution is 0.323. The zero-order valence-corrected chi connectivity index (χ0v) is 8.99. The van der Waals surface area contributed by atoms with Gasteiger partial charge in [-0.15, -0.1) is 0 Å². The van der Waals surface area contributed by atoms with E-state index in [2.05, 4.69) is 20.6 Å². The van der Waals surface area contributed by atoms with Gasteiger partial charge in [-0.25, -0.2) is 0 Å². The molecule has 1 aromatic rings. The molecule has 78 valence electrons. The van der Waals surface area contributed by atoms with E-state index >= 15 is 0 Å². The minimum atomic E-state index is -3.84. The highest BCUT2D eigenvalue weighted by Gasteiger charge is 2.04. The van der Waals surface area contributed by atoms with Gasteiger partial charge in [0.2, 0.25) is 0 Å². The first kappa shape index (κ1) is 11.6. The Labute approximate surface area is 91.7 Å². The van der Waals surface area contributed by atoms with Crippen LogP contribution in [0.15, 0.2) is 35.5 Å². The largest absolute Gasteiger partial charge is 0.331 e. The highest BCUT2D eigenvalue weighted by Crippen LogP contribution is 2.02. The number of nitriles is 1. The van der Waals surface area contributed by atoms with Gasteiger partial charge in [0.1, 0.15) is 6.07 Å².